The van der Waals surface area contributed by atoms with Gasteiger partial charge in [-0.25, -0.2) is 28.8 Å². The Bertz CT molecular complexity index is 4000. The van der Waals surface area contributed by atoms with Crippen LogP contribution in [-0.4, -0.2) is 151 Å². The molecule has 652 valence electrons. The highest BCUT2D eigenvalue weighted by Gasteiger charge is 2.69. The third-order valence-corrected chi connectivity index (χ3v) is 21.3. The lowest BCUT2D eigenvalue weighted by atomic mass is 9.91. The summed E-state index contributed by atoms with van der Waals surface area (Å²) in [5, 5.41) is 0. The van der Waals surface area contributed by atoms with Crippen molar-refractivity contribution in [2.45, 2.75) is 263 Å². The van der Waals surface area contributed by atoms with Crippen molar-refractivity contribution in [3.05, 3.63) is 191 Å². The number of benzene rings is 5. The molecule has 0 unspecified atom stereocenters. The van der Waals surface area contributed by atoms with Crippen LogP contribution in [0.5, 0.6) is 0 Å². The van der Waals surface area contributed by atoms with Crippen molar-refractivity contribution in [2.75, 3.05) is 35.5 Å². The first-order valence-corrected chi connectivity index (χ1v) is 38.8. The molecule has 13 atom stereocenters. The minimum atomic E-state index is -5.76. The molecule has 33 heteroatoms. The first-order valence-electron chi connectivity index (χ1n) is 38.8. The fraction of sp³-hybridized carbons (Fsp3) is 0.553. The van der Waals surface area contributed by atoms with Gasteiger partial charge in [0.25, 0.3) is 28.0 Å². The average Bonchev–Trinajstić information content (AvgIpc) is 0.910. The number of alkyl halides is 15. The summed E-state index contributed by atoms with van der Waals surface area (Å²) < 4.78 is 302. The van der Waals surface area contributed by atoms with Crippen LogP contribution in [-0.2, 0) is 114 Å². The van der Waals surface area contributed by atoms with Crippen molar-refractivity contribution < 1.29 is 151 Å². The highest BCUT2D eigenvalue weighted by Crippen LogP contribution is 2.50. The summed E-state index contributed by atoms with van der Waals surface area (Å²) in [5.74, 6) is -11.6. The van der Waals surface area contributed by atoms with E-state index in [4.69, 9.17) is 56.8 Å². The maximum Gasteiger partial charge on any atom is 0.432 e. The number of cyclic esters (lactones) is 1. The maximum absolute atomic E-state index is 16.0. The quantitative estimate of drug-likeness (QED) is 0.0153. The largest absolute Gasteiger partial charge is 0.460 e. The molecule has 1 fully saturated rings. The van der Waals surface area contributed by atoms with Gasteiger partial charge in [0.15, 0.2) is 0 Å². The zero-order valence-corrected chi connectivity index (χ0v) is 66.2. The normalized spacial score (nSPS) is 19.4. The van der Waals surface area contributed by atoms with Crippen LogP contribution < -0.4 is 0 Å². The van der Waals surface area contributed by atoms with Crippen LogP contribution in [0.25, 0.3) is 0 Å². The standard InChI is InChI=1S/C85H99F15O18/c1-8-9-10-11-12-13-14-15-16-35-48-66(116-73(104)78(109-5,83(92,93)94)60-40-27-19-28-41-60)68(117-74(105)79(110-6,84(95,96)97)61-42-29-20-30-43-61)51-52-69(118-75(106)80(111-7,85(98,99)100)62-44-31-21-32-45-62)67-50-49-65(113-67)55-64(115-72(103)77(108-4,82(89,90)91)59-38-25-18-26-39-59)47-34-22-33-46-63(54-57-53-56(2)112-70(57)101)114-71(102)76(107-3,81(86,87)88)58-36-23-17-24-37-58/h17-21,23-32,36-45,53,56,63-69H,8-16,22,33-35,46-52,54-55H2,1-7H3/t56-,63+,64+,65-,66-,67-,68-,69-,76+,77+,78+,79+,80-/m0/s1. The minimum Gasteiger partial charge on any atom is -0.460 e. The van der Waals surface area contributed by atoms with Crippen molar-refractivity contribution >= 4 is 35.8 Å². The van der Waals surface area contributed by atoms with Gasteiger partial charge in [0.1, 0.15) is 36.6 Å². The molecule has 0 saturated carbocycles. The molecule has 2 aliphatic rings. The van der Waals surface area contributed by atoms with Crippen molar-refractivity contribution in [2.24, 2.45) is 0 Å². The lowest BCUT2D eigenvalue weighted by Gasteiger charge is -2.38. The molecular formula is C85H99F15O18. The summed E-state index contributed by atoms with van der Waals surface area (Å²) >= 11 is 0. The van der Waals surface area contributed by atoms with Gasteiger partial charge in [-0.15, -0.1) is 0 Å². The van der Waals surface area contributed by atoms with Gasteiger partial charge in [0.2, 0.25) is 0 Å². The fourth-order valence-corrected chi connectivity index (χ4v) is 15.0. The summed E-state index contributed by atoms with van der Waals surface area (Å²) in [6.07, 6.45) is -39.7. The van der Waals surface area contributed by atoms with Gasteiger partial charge in [-0.3, -0.25) is 0 Å². The second kappa shape index (κ2) is 42.5. The first-order chi connectivity index (χ1) is 55.8. The third kappa shape index (κ3) is 22.3. The monoisotopic (exact) mass is 1690 g/mol. The number of hydrogen-bond donors (Lipinski definition) is 0. The Kier molecular flexibility index (Phi) is 34.8. The Morgan fingerprint density at radius 3 is 1.00 bits per heavy atom. The van der Waals surface area contributed by atoms with E-state index in [2.05, 4.69) is 0 Å². The van der Waals surface area contributed by atoms with E-state index in [0.717, 1.165) is 136 Å². The zero-order valence-electron chi connectivity index (χ0n) is 66.2. The second-order valence-electron chi connectivity index (χ2n) is 28.9. The van der Waals surface area contributed by atoms with E-state index in [1.165, 1.54) is 67.6 Å². The molecule has 0 radical (unpaired) electrons. The summed E-state index contributed by atoms with van der Waals surface area (Å²) in [6.45, 7) is 3.53. The van der Waals surface area contributed by atoms with Gasteiger partial charge in [-0.05, 0) is 77.2 Å². The minimum absolute atomic E-state index is 0.0488. The molecule has 1 saturated heterocycles. The van der Waals surface area contributed by atoms with Crippen LogP contribution in [0.2, 0.25) is 0 Å². The molecule has 7 rings (SSSR count). The van der Waals surface area contributed by atoms with Gasteiger partial charge in [0.05, 0.1) is 12.2 Å². The fourth-order valence-electron chi connectivity index (χ4n) is 15.0. The van der Waals surface area contributed by atoms with Gasteiger partial charge in [-0.2, -0.15) is 65.9 Å². The number of rotatable bonds is 46. The van der Waals surface area contributed by atoms with Crippen molar-refractivity contribution in [1.29, 1.82) is 0 Å². The van der Waals surface area contributed by atoms with Crippen molar-refractivity contribution in [1.82, 2.24) is 0 Å². The van der Waals surface area contributed by atoms with E-state index in [-0.39, 0.29) is 50.5 Å². The highest BCUT2D eigenvalue weighted by molar-refractivity contribution is 5.91. The summed E-state index contributed by atoms with van der Waals surface area (Å²) in [5.41, 5.74) is -23.8. The van der Waals surface area contributed by atoms with Gasteiger partial charge in [0, 0.05) is 81.8 Å². The summed E-state index contributed by atoms with van der Waals surface area (Å²) in [6, 6.07) is 27.0. The molecule has 0 bridgehead atoms. The van der Waals surface area contributed by atoms with E-state index in [1.54, 1.807) is 0 Å². The van der Waals surface area contributed by atoms with E-state index in [9.17, 15) is 24.0 Å². The van der Waals surface area contributed by atoms with Crippen LogP contribution in [0.4, 0.5) is 65.9 Å². The van der Waals surface area contributed by atoms with Gasteiger partial charge >= 0.3 is 66.7 Å². The van der Waals surface area contributed by atoms with Crippen LogP contribution in [0.3, 0.4) is 0 Å². The number of halogens is 15. The second-order valence-corrected chi connectivity index (χ2v) is 28.9. The number of carbonyl (C=O) groups is 6. The van der Waals surface area contributed by atoms with Crippen LogP contribution in [0.15, 0.2) is 163 Å². The molecule has 5 aromatic rings. The zero-order chi connectivity index (χ0) is 87.0. The highest BCUT2D eigenvalue weighted by atomic mass is 19.4. The van der Waals surface area contributed by atoms with Crippen LogP contribution in [0, 0.1) is 0 Å². The molecule has 0 spiro atoms. The Morgan fingerprint density at radius 2 is 0.669 bits per heavy atom. The predicted octanol–water partition coefficient (Wildman–Crippen LogP) is 19.3. The molecule has 118 heavy (non-hydrogen) atoms. The van der Waals surface area contributed by atoms with Crippen molar-refractivity contribution in [3.63, 3.8) is 0 Å². The Hall–Kier alpha value is -8.63. The molecule has 2 heterocycles. The van der Waals surface area contributed by atoms with Gasteiger partial charge in [-0.1, -0.05) is 223 Å². The average molecular weight is 1690 g/mol. The first kappa shape index (κ1) is 96.5. The number of methoxy groups -OCH3 is 5. The van der Waals surface area contributed by atoms with E-state index in [1.807, 2.05) is 6.92 Å². The van der Waals surface area contributed by atoms with Crippen LogP contribution in [0.1, 0.15) is 183 Å². The lowest BCUT2D eigenvalue weighted by Crippen LogP contribution is -2.55. The predicted molar refractivity (Wildman–Crippen MR) is 395 cm³/mol. The number of esters is 6. The molecule has 0 aromatic heterocycles. The number of ether oxygens (including phenoxy) is 12. The summed E-state index contributed by atoms with van der Waals surface area (Å²) in [7, 11) is 2.75. The topological polar surface area (TPSA) is 213 Å². The molecule has 0 N–H and O–H groups in total. The molecular weight excluding hydrogens is 1590 g/mol. The lowest BCUT2D eigenvalue weighted by molar-refractivity contribution is -0.286. The van der Waals surface area contributed by atoms with E-state index < -0.39 is 216 Å². The molecule has 5 aromatic carbocycles. The Morgan fingerprint density at radius 1 is 0.373 bits per heavy atom. The third-order valence-electron chi connectivity index (χ3n) is 21.3. The molecule has 0 aliphatic carbocycles. The van der Waals surface area contributed by atoms with Crippen molar-refractivity contribution in [3.8, 4) is 0 Å². The number of hydrogen-bond acceptors (Lipinski definition) is 18. The van der Waals surface area contributed by atoms with E-state index >= 15 is 70.7 Å². The van der Waals surface area contributed by atoms with Gasteiger partial charge < -0.3 is 56.8 Å². The number of unbranched alkanes of at least 4 members (excludes halogenated alkanes) is 11. The molecule has 2 aliphatic heterocycles. The maximum atomic E-state index is 16.0. The Labute approximate surface area is 674 Å². The molecule has 0 amide bonds. The smallest absolute Gasteiger partial charge is 0.432 e. The Balaban J connectivity index is 1.31. The molecule has 18 nitrogen and oxygen atoms in total. The summed E-state index contributed by atoms with van der Waals surface area (Å²) in [4.78, 5) is 86.4. The number of carbonyl (C=O) groups excluding carboxylic acids is 6. The van der Waals surface area contributed by atoms with E-state index in [0.29, 0.717) is 48.4 Å². The SMILES string of the molecule is CCCCCCCCCCCC[C@H](OC(=O)[C@](OC)(c1ccccc1)C(F)(F)F)[C@H](CC[C@H](OC(=O)[C@@](OC)(c1ccccc1)C(F)(F)F)[C@@H]1CC[C@@H](C[C@@H](CCCCC[C@H](CC2=C[C@H](C)OC2=O)OC(=O)[C@](OC)(c2ccccc2)C(F)(F)F)OC(=O)[C@](OC)(c2ccccc2)C(F)(F)F)O1)OC(=O)[C@](OC)(c1ccccc1)C(F)(F)F. The van der Waals surface area contributed by atoms with Crippen LogP contribution >= 0.6 is 0 Å².